The molecule has 0 aliphatic heterocycles. The second-order valence-electron chi connectivity index (χ2n) is 4.42. The molecule has 0 saturated heterocycles. The Hall–Kier alpha value is -2.27. The lowest BCUT2D eigenvalue weighted by atomic mass is 10.1. The van der Waals surface area contributed by atoms with Crippen molar-refractivity contribution in [2.24, 2.45) is 0 Å². The first-order valence-electron chi connectivity index (χ1n) is 6.20. The average Bonchev–Trinajstić information content (AvgIpc) is 2.84. The minimum atomic E-state index is -0.390. The molecule has 2 heterocycles. The van der Waals surface area contributed by atoms with Crippen molar-refractivity contribution in [2.75, 3.05) is 0 Å². The van der Waals surface area contributed by atoms with E-state index in [2.05, 4.69) is 10.1 Å². The minimum Gasteiger partial charge on any atom is -0.493 e. The van der Waals surface area contributed by atoms with Gasteiger partial charge in [-0.3, -0.25) is 4.79 Å². The lowest BCUT2D eigenvalue weighted by molar-refractivity contribution is 0.437. The standard InChI is InChI=1S/C14H12ClN3O2/c1-2-8-7-16-18-12(8)17-13(19)11(14(18)20)9-5-3-4-6-10(9)15/h3-7,20H,2H2,1H3,(H,17,19). The van der Waals surface area contributed by atoms with Crippen molar-refractivity contribution in [3.8, 4) is 17.0 Å². The number of fused-ring (bicyclic) bond motifs is 1. The molecule has 0 radical (unpaired) electrons. The van der Waals surface area contributed by atoms with Crippen LogP contribution in [0.4, 0.5) is 0 Å². The van der Waals surface area contributed by atoms with E-state index in [1.54, 1.807) is 30.5 Å². The number of nitrogens with one attached hydrogen (secondary N) is 1. The van der Waals surface area contributed by atoms with Crippen LogP contribution in [0.3, 0.4) is 0 Å². The first-order valence-corrected chi connectivity index (χ1v) is 6.58. The summed E-state index contributed by atoms with van der Waals surface area (Å²) in [6, 6.07) is 6.87. The SMILES string of the molecule is CCc1cnn2c(O)c(-c3ccccc3Cl)c(=O)[nH]c12. The van der Waals surface area contributed by atoms with Gasteiger partial charge < -0.3 is 10.1 Å². The Bertz CT molecular complexity index is 851. The Morgan fingerprint density at radius 2 is 2.15 bits per heavy atom. The van der Waals surface area contributed by atoms with Gasteiger partial charge in [-0.2, -0.15) is 9.61 Å². The number of aromatic nitrogens is 3. The zero-order chi connectivity index (χ0) is 14.3. The first kappa shape index (κ1) is 12.7. The topological polar surface area (TPSA) is 70.4 Å². The van der Waals surface area contributed by atoms with Crippen LogP contribution < -0.4 is 5.56 Å². The van der Waals surface area contributed by atoms with Crippen molar-refractivity contribution in [3.63, 3.8) is 0 Å². The zero-order valence-electron chi connectivity index (χ0n) is 10.7. The summed E-state index contributed by atoms with van der Waals surface area (Å²) in [5, 5.41) is 14.8. The van der Waals surface area contributed by atoms with Gasteiger partial charge in [0.2, 0.25) is 5.88 Å². The van der Waals surface area contributed by atoms with Crippen LogP contribution in [0.1, 0.15) is 12.5 Å². The molecule has 102 valence electrons. The summed E-state index contributed by atoms with van der Waals surface area (Å²) in [5.74, 6) is -0.212. The van der Waals surface area contributed by atoms with Crippen LogP contribution >= 0.6 is 11.6 Å². The number of H-pyrrole nitrogens is 1. The fraction of sp³-hybridized carbons (Fsp3) is 0.143. The number of aryl methyl sites for hydroxylation is 1. The van der Waals surface area contributed by atoms with Crippen LogP contribution in [-0.4, -0.2) is 19.7 Å². The summed E-state index contributed by atoms with van der Waals surface area (Å²) in [6.45, 7) is 1.95. The van der Waals surface area contributed by atoms with Crippen molar-refractivity contribution >= 4 is 17.2 Å². The third-order valence-corrected chi connectivity index (χ3v) is 3.58. The van der Waals surface area contributed by atoms with Crippen LogP contribution in [0.5, 0.6) is 5.88 Å². The summed E-state index contributed by atoms with van der Waals surface area (Å²) >= 11 is 6.09. The third-order valence-electron chi connectivity index (χ3n) is 3.25. The molecule has 0 bridgehead atoms. The van der Waals surface area contributed by atoms with Crippen molar-refractivity contribution in [2.45, 2.75) is 13.3 Å². The van der Waals surface area contributed by atoms with Gasteiger partial charge in [-0.05, 0) is 12.5 Å². The molecule has 5 nitrogen and oxygen atoms in total. The maximum absolute atomic E-state index is 12.3. The highest BCUT2D eigenvalue weighted by Crippen LogP contribution is 2.31. The fourth-order valence-electron chi connectivity index (χ4n) is 2.22. The van der Waals surface area contributed by atoms with Crippen LogP contribution in [0, 0.1) is 0 Å². The molecule has 2 N–H and O–H groups in total. The summed E-state index contributed by atoms with van der Waals surface area (Å²) < 4.78 is 1.32. The first-order chi connectivity index (χ1) is 9.63. The van der Waals surface area contributed by atoms with E-state index < -0.39 is 5.56 Å². The van der Waals surface area contributed by atoms with Gasteiger partial charge in [0, 0.05) is 16.1 Å². The second-order valence-corrected chi connectivity index (χ2v) is 4.82. The largest absolute Gasteiger partial charge is 0.493 e. The molecule has 0 fully saturated rings. The molecule has 0 spiro atoms. The minimum absolute atomic E-state index is 0.119. The molecule has 3 aromatic rings. The van der Waals surface area contributed by atoms with Crippen LogP contribution in [0.2, 0.25) is 5.02 Å². The number of benzene rings is 1. The Balaban J connectivity index is 2.38. The number of nitrogens with zero attached hydrogens (tertiary/aromatic N) is 2. The van der Waals surface area contributed by atoms with Gasteiger partial charge in [0.05, 0.1) is 6.20 Å². The van der Waals surface area contributed by atoms with Gasteiger partial charge in [0.1, 0.15) is 11.2 Å². The predicted octanol–water partition coefficient (Wildman–Crippen LogP) is 2.61. The number of aromatic hydroxyl groups is 1. The fourth-order valence-corrected chi connectivity index (χ4v) is 2.45. The number of aromatic amines is 1. The van der Waals surface area contributed by atoms with Gasteiger partial charge >= 0.3 is 0 Å². The van der Waals surface area contributed by atoms with E-state index in [0.717, 1.165) is 5.56 Å². The predicted molar refractivity (Wildman–Crippen MR) is 77.3 cm³/mol. The Kier molecular flexibility index (Phi) is 2.99. The molecule has 20 heavy (non-hydrogen) atoms. The number of hydrogen-bond acceptors (Lipinski definition) is 3. The molecular formula is C14H12ClN3O2. The van der Waals surface area contributed by atoms with Crippen molar-refractivity contribution < 1.29 is 5.11 Å². The van der Waals surface area contributed by atoms with E-state index in [-0.39, 0.29) is 11.4 Å². The van der Waals surface area contributed by atoms with Gasteiger partial charge in [-0.25, -0.2) is 0 Å². The summed E-state index contributed by atoms with van der Waals surface area (Å²) in [6.07, 6.45) is 2.34. The van der Waals surface area contributed by atoms with Crippen LogP contribution in [0.25, 0.3) is 16.8 Å². The molecule has 0 atom stereocenters. The maximum atomic E-state index is 12.3. The molecule has 0 amide bonds. The van der Waals surface area contributed by atoms with Gasteiger partial charge in [-0.15, -0.1) is 0 Å². The van der Waals surface area contributed by atoms with Gasteiger partial charge in [0.25, 0.3) is 5.56 Å². The van der Waals surface area contributed by atoms with E-state index in [4.69, 9.17) is 11.6 Å². The van der Waals surface area contributed by atoms with Crippen molar-refractivity contribution in [1.82, 2.24) is 14.6 Å². The second kappa shape index (κ2) is 4.68. The number of hydrogen-bond donors (Lipinski definition) is 2. The van der Waals surface area contributed by atoms with Gasteiger partial charge in [-0.1, -0.05) is 36.7 Å². The Morgan fingerprint density at radius 1 is 1.40 bits per heavy atom. The monoisotopic (exact) mass is 289 g/mol. The lowest BCUT2D eigenvalue weighted by Crippen LogP contribution is -2.13. The highest BCUT2D eigenvalue weighted by atomic mass is 35.5. The normalized spacial score (nSPS) is 11.1. The molecule has 0 unspecified atom stereocenters. The van der Waals surface area contributed by atoms with Crippen molar-refractivity contribution in [3.05, 3.63) is 51.4 Å². The number of halogens is 1. The van der Waals surface area contributed by atoms with E-state index in [0.29, 0.717) is 22.7 Å². The molecule has 6 heteroatoms. The Morgan fingerprint density at radius 3 is 2.85 bits per heavy atom. The van der Waals surface area contributed by atoms with E-state index in [1.165, 1.54) is 4.52 Å². The quantitative estimate of drug-likeness (QED) is 0.762. The van der Waals surface area contributed by atoms with Crippen molar-refractivity contribution in [1.29, 1.82) is 0 Å². The molecule has 0 aliphatic carbocycles. The number of rotatable bonds is 2. The molecule has 1 aromatic carbocycles. The molecule has 0 saturated carbocycles. The smallest absolute Gasteiger partial charge is 0.262 e. The summed E-state index contributed by atoms with van der Waals surface area (Å²) in [5.41, 5.74) is 1.57. The zero-order valence-corrected chi connectivity index (χ0v) is 11.5. The molecule has 3 rings (SSSR count). The maximum Gasteiger partial charge on any atom is 0.262 e. The van der Waals surface area contributed by atoms with Crippen LogP contribution in [-0.2, 0) is 6.42 Å². The Labute approximate surface area is 119 Å². The summed E-state index contributed by atoms with van der Waals surface area (Å²) in [7, 11) is 0. The van der Waals surface area contributed by atoms with E-state index in [9.17, 15) is 9.90 Å². The average molecular weight is 290 g/mol. The summed E-state index contributed by atoms with van der Waals surface area (Å²) in [4.78, 5) is 15.0. The highest BCUT2D eigenvalue weighted by molar-refractivity contribution is 6.33. The molecule has 0 aliphatic rings. The highest BCUT2D eigenvalue weighted by Gasteiger charge is 2.18. The molecular weight excluding hydrogens is 278 g/mol. The van der Waals surface area contributed by atoms with Gasteiger partial charge in [0.15, 0.2) is 0 Å². The van der Waals surface area contributed by atoms with Crippen LogP contribution in [0.15, 0.2) is 35.3 Å². The van der Waals surface area contributed by atoms with E-state index >= 15 is 0 Å². The van der Waals surface area contributed by atoms with E-state index in [1.807, 2.05) is 6.92 Å². The molecule has 2 aromatic heterocycles. The lowest BCUT2D eigenvalue weighted by Gasteiger charge is -2.07. The third kappa shape index (κ3) is 1.78.